The zero-order valence-electron chi connectivity index (χ0n) is 13.1. The standard InChI is InChI=1S/C16H23N3O2S/c1-3-4-5-13(9-17)18-15(20)8-14-11(2)21-16(19-14)12-6-7-22-10-12/h6-7,10,13H,3-5,8-9,17H2,1-2H3,(H,18,20). The van der Waals surface area contributed by atoms with Gasteiger partial charge in [-0.15, -0.1) is 0 Å². The Kier molecular flexibility index (Phi) is 6.15. The van der Waals surface area contributed by atoms with E-state index in [1.54, 1.807) is 11.3 Å². The fourth-order valence-electron chi connectivity index (χ4n) is 2.23. The molecule has 0 bridgehead atoms. The van der Waals surface area contributed by atoms with Gasteiger partial charge in [0.2, 0.25) is 11.8 Å². The van der Waals surface area contributed by atoms with Gasteiger partial charge in [-0.05, 0) is 24.8 Å². The first kappa shape index (κ1) is 16.7. The van der Waals surface area contributed by atoms with Crippen molar-refractivity contribution in [1.29, 1.82) is 0 Å². The van der Waals surface area contributed by atoms with Crippen LogP contribution in [0.5, 0.6) is 0 Å². The minimum absolute atomic E-state index is 0.0380. The van der Waals surface area contributed by atoms with Crippen LogP contribution in [0.2, 0.25) is 0 Å². The Labute approximate surface area is 134 Å². The van der Waals surface area contributed by atoms with E-state index in [1.165, 1.54) is 0 Å². The minimum atomic E-state index is -0.0557. The number of rotatable bonds is 8. The first-order valence-electron chi connectivity index (χ1n) is 7.62. The van der Waals surface area contributed by atoms with Crippen LogP contribution in [0.15, 0.2) is 21.2 Å². The van der Waals surface area contributed by atoms with E-state index in [-0.39, 0.29) is 18.4 Å². The van der Waals surface area contributed by atoms with Crippen molar-refractivity contribution in [2.45, 2.75) is 45.6 Å². The molecular formula is C16H23N3O2S. The van der Waals surface area contributed by atoms with Gasteiger partial charge < -0.3 is 15.5 Å². The van der Waals surface area contributed by atoms with Crippen molar-refractivity contribution in [3.8, 4) is 11.5 Å². The normalized spacial score (nSPS) is 12.3. The molecule has 6 heteroatoms. The van der Waals surface area contributed by atoms with Crippen LogP contribution in [-0.2, 0) is 11.2 Å². The Morgan fingerprint density at radius 1 is 1.55 bits per heavy atom. The van der Waals surface area contributed by atoms with Crippen LogP contribution in [0.4, 0.5) is 0 Å². The second-order valence-corrected chi connectivity index (χ2v) is 6.13. The lowest BCUT2D eigenvalue weighted by atomic mass is 10.1. The predicted molar refractivity (Wildman–Crippen MR) is 88.8 cm³/mol. The van der Waals surface area contributed by atoms with Crippen LogP contribution in [-0.4, -0.2) is 23.5 Å². The third-order valence-electron chi connectivity index (χ3n) is 3.54. The highest BCUT2D eigenvalue weighted by Gasteiger charge is 2.16. The maximum atomic E-state index is 12.1. The van der Waals surface area contributed by atoms with Crippen LogP contribution in [0.25, 0.3) is 11.5 Å². The van der Waals surface area contributed by atoms with Crippen LogP contribution < -0.4 is 11.1 Å². The topological polar surface area (TPSA) is 81.1 Å². The Morgan fingerprint density at radius 2 is 2.36 bits per heavy atom. The second-order valence-electron chi connectivity index (χ2n) is 5.35. The predicted octanol–water partition coefficient (Wildman–Crippen LogP) is 2.89. The number of nitrogens with zero attached hydrogens (tertiary/aromatic N) is 1. The number of nitrogens with one attached hydrogen (secondary N) is 1. The molecule has 2 rings (SSSR count). The molecule has 0 saturated carbocycles. The summed E-state index contributed by atoms with van der Waals surface area (Å²) in [5.74, 6) is 1.21. The van der Waals surface area contributed by atoms with Crippen molar-refractivity contribution in [2.24, 2.45) is 5.73 Å². The van der Waals surface area contributed by atoms with Gasteiger partial charge in [0.25, 0.3) is 0 Å². The monoisotopic (exact) mass is 321 g/mol. The molecule has 0 fully saturated rings. The van der Waals surface area contributed by atoms with Crippen molar-refractivity contribution in [3.63, 3.8) is 0 Å². The van der Waals surface area contributed by atoms with Crippen LogP contribution in [0, 0.1) is 6.92 Å². The molecular weight excluding hydrogens is 298 g/mol. The van der Waals surface area contributed by atoms with Crippen LogP contribution >= 0.6 is 11.3 Å². The molecule has 0 aromatic carbocycles. The number of hydrogen-bond acceptors (Lipinski definition) is 5. The van der Waals surface area contributed by atoms with E-state index in [0.29, 0.717) is 23.9 Å². The summed E-state index contributed by atoms with van der Waals surface area (Å²) in [6.45, 7) is 4.42. The molecule has 1 amide bonds. The number of aryl methyl sites for hydroxylation is 1. The van der Waals surface area contributed by atoms with Gasteiger partial charge in [0, 0.05) is 23.5 Å². The fourth-order valence-corrected chi connectivity index (χ4v) is 2.86. The summed E-state index contributed by atoms with van der Waals surface area (Å²) in [6.07, 6.45) is 3.30. The average Bonchev–Trinajstić information content (AvgIpc) is 3.14. The van der Waals surface area contributed by atoms with Gasteiger partial charge in [0.15, 0.2) is 0 Å². The summed E-state index contributed by atoms with van der Waals surface area (Å²) in [5, 5.41) is 6.93. The third-order valence-corrected chi connectivity index (χ3v) is 4.23. The van der Waals surface area contributed by atoms with Gasteiger partial charge in [0.05, 0.1) is 12.1 Å². The summed E-state index contributed by atoms with van der Waals surface area (Å²) in [7, 11) is 0. The molecule has 3 N–H and O–H groups in total. The van der Waals surface area contributed by atoms with Crippen LogP contribution in [0.1, 0.15) is 37.6 Å². The minimum Gasteiger partial charge on any atom is -0.441 e. The Bertz CT molecular complexity index is 593. The number of nitrogens with two attached hydrogens (primary N) is 1. The number of carbonyl (C=O) groups is 1. The highest BCUT2D eigenvalue weighted by atomic mass is 32.1. The van der Waals surface area contributed by atoms with Crippen LogP contribution in [0.3, 0.4) is 0 Å². The zero-order valence-corrected chi connectivity index (χ0v) is 13.9. The van der Waals surface area contributed by atoms with E-state index < -0.39 is 0 Å². The van der Waals surface area contributed by atoms with E-state index >= 15 is 0 Å². The third kappa shape index (κ3) is 4.42. The summed E-state index contributed by atoms with van der Waals surface area (Å²) < 4.78 is 5.65. The maximum absolute atomic E-state index is 12.1. The molecule has 0 saturated heterocycles. The number of unbranched alkanes of at least 4 members (excludes halogenated alkanes) is 1. The molecule has 0 aliphatic rings. The van der Waals surface area contributed by atoms with Gasteiger partial charge >= 0.3 is 0 Å². The number of hydrogen-bond donors (Lipinski definition) is 2. The number of thiophene rings is 1. The molecule has 2 heterocycles. The summed E-state index contributed by atoms with van der Waals surface area (Å²) in [5.41, 5.74) is 7.34. The summed E-state index contributed by atoms with van der Waals surface area (Å²) in [4.78, 5) is 16.6. The Morgan fingerprint density at radius 3 is 3.00 bits per heavy atom. The van der Waals surface area contributed by atoms with Gasteiger partial charge in [-0.2, -0.15) is 11.3 Å². The average molecular weight is 321 g/mol. The largest absolute Gasteiger partial charge is 0.441 e. The summed E-state index contributed by atoms with van der Waals surface area (Å²) >= 11 is 1.59. The van der Waals surface area contributed by atoms with Crippen molar-refractivity contribution >= 4 is 17.2 Å². The number of amides is 1. The lowest BCUT2D eigenvalue weighted by Gasteiger charge is -2.16. The molecule has 1 unspecified atom stereocenters. The van der Waals surface area contributed by atoms with Gasteiger partial charge in [-0.1, -0.05) is 19.8 Å². The highest BCUT2D eigenvalue weighted by molar-refractivity contribution is 7.08. The van der Waals surface area contributed by atoms with E-state index in [9.17, 15) is 4.79 Å². The van der Waals surface area contributed by atoms with Crippen molar-refractivity contribution in [1.82, 2.24) is 10.3 Å². The van der Waals surface area contributed by atoms with E-state index in [2.05, 4.69) is 17.2 Å². The zero-order chi connectivity index (χ0) is 15.9. The maximum Gasteiger partial charge on any atom is 0.227 e. The van der Waals surface area contributed by atoms with E-state index in [4.69, 9.17) is 10.2 Å². The second kappa shape index (κ2) is 8.10. The molecule has 2 aromatic rings. The molecule has 22 heavy (non-hydrogen) atoms. The molecule has 1 atom stereocenters. The quantitative estimate of drug-likeness (QED) is 0.783. The molecule has 0 spiro atoms. The summed E-state index contributed by atoms with van der Waals surface area (Å²) in [6, 6.07) is 1.99. The lowest BCUT2D eigenvalue weighted by Crippen LogP contribution is -2.41. The van der Waals surface area contributed by atoms with Crippen molar-refractivity contribution in [3.05, 3.63) is 28.3 Å². The molecule has 120 valence electrons. The van der Waals surface area contributed by atoms with E-state index in [0.717, 1.165) is 24.8 Å². The van der Waals surface area contributed by atoms with Gasteiger partial charge in [0.1, 0.15) is 5.76 Å². The van der Waals surface area contributed by atoms with E-state index in [1.807, 2.05) is 23.8 Å². The smallest absolute Gasteiger partial charge is 0.227 e. The van der Waals surface area contributed by atoms with Crippen molar-refractivity contribution < 1.29 is 9.21 Å². The molecule has 0 aliphatic heterocycles. The highest BCUT2D eigenvalue weighted by Crippen LogP contribution is 2.24. The van der Waals surface area contributed by atoms with Crippen molar-refractivity contribution in [2.75, 3.05) is 6.54 Å². The SMILES string of the molecule is CCCCC(CN)NC(=O)Cc1nc(-c2ccsc2)oc1C. The molecule has 0 radical (unpaired) electrons. The number of carbonyl (C=O) groups excluding carboxylic acids is 1. The Hall–Kier alpha value is -1.66. The lowest BCUT2D eigenvalue weighted by molar-refractivity contribution is -0.121. The molecule has 5 nitrogen and oxygen atoms in total. The first-order chi connectivity index (χ1) is 10.6. The number of oxazole rings is 1. The van der Waals surface area contributed by atoms with Gasteiger partial charge in [-0.3, -0.25) is 4.79 Å². The molecule has 2 aromatic heterocycles. The molecule has 0 aliphatic carbocycles. The Balaban J connectivity index is 1.96. The number of aromatic nitrogens is 1. The fraction of sp³-hybridized carbons (Fsp3) is 0.500. The van der Waals surface area contributed by atoms with Gasteiger partial charge in [-0.25, -0.2) is 4.98 Å². The first-order valence-corrected chi connectivity index (χ1v) is 8.56.